The van der Waals surface area contributed by atoms with E-state index >= 15 is 0 Å². The van der Waals surface area contributed by atoms with E-state index in [1.165, 1.54) is 25.2 Å². The van der Waals surface area contributed by atoms with Crippen molar-refractivity contribution in [1.82, 2.24) is 9.29 Å². The van der Waals surface area contributed by atoms with Crippen LogP contribution in [0.5, 0.6) is 0 Å². The molecular formula is C17H15F3N2O5S. The van der Waals surface area contributed by atoms with Crippen LogP contribution in [0.25, 0.3) is 11.3 Å². The Hall–Kier alpha value is -2.50. The van der Waals surface area contributed by atoms with Gasteiger partial charge in [-0.25, -0.2) is 18.2 Å². The minimum atomic E-state index is -4.80. The molecule has 28 heavy (non-hydrogen) atoms. The van der Waals surface area contributed by atoms with Gasteiger partial charge in [-0.2, -0.15) is 17.5 Å². The number of carboxylic acid groups (broad SMARTS) is 1. The molecule has 1 aliphatic heterocycles. The van der Waals surface area contributed by atoms with Crippen LogP contribution in [0.3, 0.4) is 0 Å². The van der Waals surface area contributed by atoms with Gasteiger partial charge in [-0.15, -0.1) is 0 Å². The minimum Gasteiger partial charge on any atom is -0.477 e. The molecule has 150 valence electrons. The summed E-state index contributed by atoms with van der Waals surface area (Å²) in [7, 11) is -2.97. The van der Waals surface area contributed by atoms with Crippen molar-refractivity contribution in [2.45, 2.75) is 17.2 Å². The lowest BCUT2D eigenvalue weighted by atomic mass is 10.1. The topological polar surface area (TPSA) is 100 Å². The van der Waals surface area contributed by atoms with E-state index in [4.69, 9.17) is 9.84 Å². The molecule has 1 aromatic heterocycles. The summed E-state index contributed by atoms with van der Waals surface area (Å²) in [6.45, 7) is 0.403. The van der Waals surface area contributed by atoms with Crippen molar-refractivity contribution in [2.75, 3.05) is 20.2 Å². The maximum Gasteiger partial charge on any atom is 0.416 e. The SMILES string of the molecule is CN(CC1CO1)S(=O)(=O)c1cc(-c2cccc(C(=O)O)n2)cc(C(F)(F)F)c1. The summed E-state index contributed by atoms with van der Waals surface area (Å²) in [6.07, 6.45) is -5.08. The molecular weight excluding hydrogens is 401 g/mol. The third-order valence-corrected chi connectivity index (χ3v) is 5.87. The molecule has 3 rings (SSSR count). The van der Waals surface area contributed by atoms with E-state index in [0.717, 1.165) is 16.4 Å². The molecule has 1 aliphatic rings. The first-order chi connectivity index (χ1) is 13.0. The quantitative estimate of drug-likeness (QED) is 0.727. The van der Waals surface area contributed by atoms with Gasteiger partial charge < -0.3 is 9.84 Å². The molecule has 0 spiro atoms. The van der Waals surface area contributed by atoms with E-state index in [9.17, 15) is 26.4 Å². The number of carboxylic acids is 1. The zero-order valence-electron chi connectivity index (χ0n) is 14.5. The first kappa shape index (κ1) is 20.2. The predicted molar refractivity (Wildman–Crippen MR) is 91.2 cm³/mol. The second-order valence-corrected chi connectivity index (χ2v) is 8.24. The van der Waals surface area contributed by atoms with Gasteiger partial charge in [0.25, 0.3) is 0 Å². The van der Waals surface area contributed by atoms with Crippen molar-refractivity contribution in [2.24, 2.45) is 0 Å². The molecule has 0 amide bonds. The average Bonchev–Trinajstić information content (AvgIpc) is 3.44. The van der Waals surface area contributed by atoms with Crippen molar-refractivity contribution >= 4 is 16.0 Å². The van der Waals surface area contributed by atoms with E-state index in [2.05, 4.69) is 4.98 Å². The van der Waals surface area contributed by atoms with Gasteiger partial charge in [-0.05, 0) is 30.3 Å². The van der Waals surface area contributed by atoms with E-state index in [1.54, 1.807) is 0 Å². The van der Waals surface area contributed by atoms with Crippen molar-refractivity contribution < 1.29 is 36.2 Å². The Morgan fingerprint density at radius 1 is 1.32 bits per heavy atom. The molecule has 0 bridgehead atoms. The summed E-state index contributed by atoms with van der Waals surface area (Å²) >= 11 is 0. The first-order valence-electron chi connectivity index (χ1n) is 7.99. The number of benzene rings is 1. The third-order valence-electron chi connectivity index (χ3n) is 4.07. The maximum atomic E-state index is 13.3. The Morgan fingerprint density at radius 2 is 2.00 bits per heavy atom. The van der Waals surface area contributed by atoms with Gasteiger partial charge in [0.1, 0.15) is 5.69 Å². The van der Waals surface area contributed by atoms with Gasteiger partial charge in [0.2, 0.25) is 10.0 Å². The Labute approximate surface area is 158 Å². The van der Waals surface area contributed by atoms with Crippen LogP contribution < -0.4 is 0 Å². The number of alkyl halides is 3. The number of halogens is 3. The number of hydrogen-bond donors (Lipinski definition) is 1. The Bertz CT molecular complexity index is 1020. The second kappa shape index (κ2) is 7.15. The average molecular weight is 416 g/mol. The van der Waals surface area contributed by atoms with Crippen LogP contribution >= 0.6 is 0 Å². The largest absolute Gasteiger partial charge is 0.477 e. The highest BCUT2D eigenvalue weighted by Crippen LogP contribution is 2.35. The van der Waals surface area contributed by atoms with Gasteiger partial charge in [-0.3, -0.25) is 0 Å². The number of nitrogens with zero attached hydrogens (tertiary/aromatic N) is 2. The molecule has 2 heterocycles. The fraction of sp³-hybridized carbons (Fsp3) is 0.294. The molecule has 2 aromatic rings. The fourth-order valence-corrected chi connectivity index (χ4v) is 3.79. The molecule has 1 unspecified atom stereocenters. The number of hydrogen-bond acceptors (Lipinski definition) is 5. The van der Waals surface area contributed by atoms with Crippen LogP contribution in [0.2, 0.25) is 0 Å². The van der Waals surface area contributed by atoms with Crippen LogP contribution in [0.15, 0.2) is 41.3 Å². The molecule has 1 fully saturated rings. The zero-order valence-corrected chi connectivity index (χ0v) is 15.3. The number of pyridine rings is 1. The van der Waals surface area contributed by atoms with Crippen LogP contribution in [0.1, 0.15) is 16.1 Å². The lowest BCUT2D eigenvalue weighted by molar-refractivity contribution is -0.137. The highest BCUT2D eigenvalue weighted by Gasteiger charge is 2.35. The normalized spacial score (nSPS) is 17.0. The summed E-state index contributed by atoms with van der Waals surface area (Å²) in [5.41, 5.74) is -1.80. The van der Waals surface area contributed by atoms with Gasteiger partial charge in [0.15, 0.2) is 0 Å². The second-order valence-electron chi connectivity index (χ2n) is 6.20. The van der Waals surface area contributed by atoms with Crippen molar-refractivity contribution in [1.29, 1.82) is 0 Å². The lowest BCUT2D eigenvalue weighted by Gasteiger charge is -2.18. The Morgan fingerprint density at radius 3 is 2.57 bits per heavy atom. The first-order valence-corrected chi connectivity index (χ1v) is 9.43. The van der Waals surface area contributed by atoms with E-state index in [1.807, 2.05) is 0 Å². The van der Waals surface area contributed by atoms with Gasteiger partial charge >= 0.3 is 12.1 Å². The number of likely N-dealkylation sites (N-methyl/N-ethyl adjacent to an activating group) is 1. The van der Waals surface area contributed by atoms with E-state index < -0.39 is 32.6 Å². The summed E-state index contributed by atoms with van der Waals surface area (Å²) in [6, 6.07) is 6.13. The fourth-order valence-electron chi connectivity index (χ4n) is 2.51. The number of rotatable bonds is 6. The van der Waals surface area contributed by atoms with Crippen LogP contribution in [0, 0.1) is 0 Å². The lowest BCUT2D eigenvalue weighted by Crippen LogP contribution is -2.30. The Balaban J connectivity index is 2.12. The number of ether oxygens (including phenoxy) is 1. The molecule has 1 atom stereocenters. The Kier molecular flexibility index (Phi) is 5.17. The van der Waals surface area contributed by atoms with Crippen molar-refractivity contribution in [3.8, 4) is 11.3 Å². The van der Waals surface area contributed by atoms with Gasteiger partial charge in [-0.1, -0.05) is 6.07 Å². The van der Waals surface area contributed by atoms with Gasteiger partial charge in [0, 0.05) is 19.2 Å². The van der Waals surface area contributed by atoms with Crippen molar-refractivity contribution in [3.63, 3.8) is 0 Å². The number of aromatic nitrogens is 1. The third kappa shape index (κ3) is 4.32. The number of carbonyl (C=O) groups is 1. The highest BCUT2D eigenvalue weighted by molar-refractivity contribution is 7.89. The molecule has 0 aliphatic carbocycles. The van der Waals surface area contributed by atoms with E-state index in [0.29, 0.717) is 12.7 Å². The summed E-state index contributed by atoms with van der Waals surface area (Å²) in [5.74, 6) is -1.36. The summed E-state index contributed by atoms with van der Waals surface area (Å²) < 4.78 is 71.3. The molecule has 11 heteroatoms. The highest BCUT2D eigenvalue weighted by atomic mass is 32.2. The molecule has 0 saturated carbocycles. The van der Waals surface area contributed by atoms with Crippen LogP contribution in [-0.4, -0.2) is 55.1 Å². The smallest absolute Gasteiger partial charge is 0.416 e. The standard InChI is InChI=1S/C17H15F3N2O5S/c1-22(8-12-9-27-12)28(25,26)13-6-10(5-11(7-13)17(18,19)20)14-3-2-4-15(21-14)16(23)24/h2-7,12H,8-9H2,1H3,(H,23,24). The molecule has 1 aromatic carbocycles. The number of epoxide rings is 1. The van der Waals surface area contributed by atoms with Gasteiger partial charge in [0.05, 0.1) is 28.9 Å². The summed E-state index contributed by atoms with van der Waals surface area (Å²) in [5, 5.41) is 9.03. The summed E-state index contributed by atoms with van der Waals surface area (Å²) in [4.78, 5) is 14.3. The van der Waals surface area contributed by atoms with Crippen molar-refractivity contribution in [3.05, 3.63) is 47.7 Å². The number of aromatic carboxylic acids is 1. The monoisotopic (exact) mass is 416 g/mol. The number of sulfonamides is 1. The molecule has 7 nitrogen and oxygen atoms in total. The zero-order chi connectivity index (χ0) is 20.7. The van der Waals surface area contributed by atoms with Crippen LogP contribution in [-0.2, 0) is 20.9 Å². The minimum absolute atomic E-state index is 0.0145. The van der Waals surface area contributed by atoms with E-state index in [-0.39, 0.29) is 29.6 Å². The molecule has 0 radical (unpaired) electrons. The van der Waals surface area contributed by atoms with Crippen LogP contribution in [0.4, 0.5) is 13.2 Å². The molecule has 1 N–H and O–H groups in total. The molecule has 1 saturated heterocycles. The maximum absolute atomic E-state index is 13.3. The predicted octanol–water partition coefficient (Wildman–Crippen LogP) is 2.48.